The number of hydrogen-bond donors (Lipinski definition) is 1. The summed E-state index contributed by atoms with van der Waals surface area (Å²) < 4.78 is 6.39. The van der Waals surface area contributed by atoms with Crippen LogP contribution in [0.3, 0.4) is 0 Å². The molecule has 0 amide bonds. The highest BCUT2D eigenvalue weighted by Gasteiger charge is 2.14. The maximum Gasteiger partial charge on any atom is 0.309 e. The molecule has 2 aromatic carbocycles. The van der Waals surface area contributed by atoms with Crippen molar-refractivity contribution in [2.75, 3.05) is 7.11 Å². The third-order valence-corrected chi connectivity index (χ3v) is 4.62. The fourth-order valence-electron chi connectivity index (χ4n) is 2.65. The van der Waals surface area contributed by atoms with Crippen molar-refractivity contribution in [2.45, 2.75) is 13.0 Å². The summed E-state index contributed by atoms with van der Waals surface area (Å²) in [5.41, 5.74) is 0.673. The fourth-order valence-corrected chi connectivity index (χ4v) is 2.98. The third kappa shape index (κ3) is 3.66. The van der Waals surface area contributed by atoms with Crippen molar-refractivity contribution in [3.05, 3.63) is 68.1 Å². The predicted octanol–water partition coefficient (Wildman–Crippen LogP) is 3.39. The van der Waals surface area contributed by atoms with Crippen molar-refractivity contribution in [3.63, 3.8) is 0 Å². The molecule has 0 atom stereocenters. The Morgan fingerprint density at radius 2 is 1.92 bits per heavy atom. The molecule has 0 fully saturated rings. The van der Waals surface area contributed by atoms with Gasteiger partial charge in [0.1, 0.15) is 5.75 Å². The van der Waals surface area contributed by atoms with E-state index in [1.54, 1.807) is 36.4 Å². The van der Waals surface area contributed by atoms with Gasteiger partial charge in [0.15, 0.2) is 0 Å². The highest BCUT2D eigenvalue weighted by Crippen LogP contribution is 2.24. The quantitative estimate of drug-likeness (QED) is 0.719. The number of ether oxygens (including phenoxy) is 1. The molecule has 1 N–H and O–H groups in total. The van der Waals surface area contributed by atoms with E-state index >= 15 is 0 Å². The number of carboxylic acid groups (broad SMARTS) is 1. The first-order valence-corrected chi connectivity index (χ1v) is 8.38. The standard InChI is InChI=1S/C18H14Cl2N2O4/c1-26-11-3-4-12-13(7-11)18(25)22(21-16(12)8-17(23)24)9-10-2-5-14(19)15(20)6-10/h2-7H,8-9H2,1H3,(H,23,24). The minimum absolute atomic E-state index is 0.134. The maximum absolute atomic E-state index is 12.8. The van der Waals surface area contributed by atoms with E-state index in [1.165, 1.54) is 11.8 Å². The smallest absolute Gasteiger partial charge is 0.309 e. The lowest BCUT2D eigenvalue weighted by Gasteiger charge is -2.11. The molecule has 0 saturated carbocycles. The second-order valence-corrected chi connectivity index (χ2v) is 6.45. The van der Waals surface area contributed by atoms with E-state index in [0.29, 0.717) is 32.3 Å². The van der Waals surface area contributed by atoms with Crippen LogP contribution in [0.5, 0.6) is 5.75 Å². The van der Waals surface area contributed by atoms with E-state index in [2.05, 4.69) is 5.10 Å². The Morgan fingerprint density at radius 3 is 2.58 bits per heavy atom. The number of benzene rings is 2. The lowest BCUT2D eigenvalue weighted by Crippen LogP contribution is -2.26. The first-order valence-electron chi connectivity index (χ1n) is 7.62. The fraction of sp³-hybridized carbons (Fsp3) is 0.167. The molecule has 0 aliphatic rings. The monoisotopic (exact) mass is 392 g/mol. The first kappa shape index (κ1) is 18.2. The molecule has 3 rings (SSSR count). The number of methoxy groups -OCH3 is 1. The minimum Gasteiger partial charge on any atom is -0.497 e. The van der Waals surface area contributed by atoms with Gasteiger partial charge in [0.25, 0.3) is 5.56 Å². The molecule has 8 heteroatoms. The number of nitrogens with zero attached hydrogens (tertiary/aromatic N) is 2. The van der Waals surface area contributed by atoms with E-state index in [1.807, 2.05) is 0 Å². The highest BCUT2D eigenvalue weighted by atomic mass is 35.5. The van der Waals surface area contributed by atoms with Crippen LogP contribution in [0.4, 0.5) is 0 Å². The molecular formula is C18H14Cl2N2O4. The van der Waals surface area contributed by atoms with Crippen molar-refractivity contribution >= 4 is 39.9 Å². The van der Waals surface area contributed by atoms with Crippen molar-refractivity contribution in [3.8, 4) is 5.75 Å². The van der Waals surface area contributed by atoms with Crippen LogP contribution in [-0.2, 0) is 17.8 Å². The molecule has 26 heavy (non-hydrogen) atoms. The summed E-state index contributed by atoms with van der Waals surface area (Å²) in [4.78, 5) is 24.0. The Morgan fingerprint density at radius 1 is 1.15 bits per heavy atom. The zero-order valence-electron chi connectivity index (χ0n) is 13.7. The van der Waals surface area contributed by atoms with Crippen LogP contribution >= 0.6 is 23.2 Å². The zero-order valence-corrected chi connectivity index (χ0v) is 15.2. The number of hydrogen-bond acceptors (Lipinski definition) is 4. The van der Waals surface area contributed by atoms with Crippen LogP contribution in [0.1, 0.15) is 11.3 Å². The Labute approximate surface area is 158 Å². The van der Waals surface area contributed by atoms with Gasteiger partial charge in [-0.15, -0.1) is 0 Å². The van der Waals surface area contributed by atoms with Crippen LogP contribution in [0.2, 0.25) is 10.0 Å². The highest BCUT2D eigenvalue weighted by molar-refractivity contribution is 6.42. The average molecular weight is 393 g/mol. The molecule has 134 valence electrons. The molecule has 0 unspecified atom stereocenters. The average Bonchev–Trinajstić information content (AvgIpc) is 2.61. The van der Waals surface area contributed by atoms with Gasteiger partial charge in [-0.3, -0.25) is 9.59 Å². The molecule has 0 saturated heterocycles. The van der Waals surface area contributed by atoms with Gasteiger partial charge in [0, 0.05) is 5.39 Å². The number of rotatable bonds is 5. The zero-order chi connectivity index (χ0) is 18.8. The van der Waals surface area contributed by atoms with Crippen LogP contribution < -0.4 is 10.3 Å². The normalized spacial score (nSPS) is 10.9. The van der Waals surface area contributed by atoms with E-state index in [4.69, 9.17) is 33.0 Å². The molecule has 0 radical (unpaired) electrons. The Kier molecular flexibility index (Phi) is 5.15. The molecule has 3 aromatic rings. The van der Waals surface area contributed by atoms with Crippen LogP contribution in [0, 0.1) is 0 Å². The number of aliphatic carboxylic acids is 1. The number of carboxylic acids is 1. The largest absolute Gasteiger partial charge is 0.497 e. The van der Waals surface area contributed by atoms with Crippen molar-refractivity contribution in [2.24, 2.45) is 0 Å². The molecule has 1 heterocycles. The summed E-state index contributed by atoms with van der Waals surface area (Å²) in [6.07, 6.45) is -0.301. The van der Waals surface area contributed by atoms with E-state index < -0.39 is 5.97 Å². The summed E-state index contributed by atoms with van der Waals surface area (Å²) in [5, 5.41) is 15.0. The van der Waals surface area contributed by atoms with Crippen LogP contribution in [0.15, 0.2) is 41.2 Å². The second kappa shape index (κ2) is 7.35. The van der Waals surface area contributed by atoms with Gasteiger partial charge in [0.2, 0.25) is 0 Å². The molecule has 0 spiro atoms. The second-order valence-electron chi connectivity index (χ2n) is 5.64. The van der Waals surface area contributed by atoms with Gasteiger partial charge in [-0.2, -0.15) is 5.10 Å². The van der Waals surface area contributed by atoms with Gasteiger partial charge in [-0.1, -0.05) is 29.3 Å². The number of aromatic nitrogens is 2. The van der Waals surface area contributed by atoms with E-state index in [-0.39, 0.29) is 18.5 Å². The van der Waals surface area contributed by atoms with Crippen molar-refractivity contribution in [1.82, 2.24) is 9.78 Å². The van der Waals surface area contributed by atoms with Gasteiger partial charge in [0.05, 0.1) is 41.2 Å². The molecular weight excluding hydrogens is 379 g/mol. The summed E-state index contributed by atoms with van der Waals surface area (Å²) >= 11 is 11.9. The van der Waals surface area contributed by atoms with Gasteiger partial charge >= 0.3 is 5.97 Å². The SMILES string of the molecule is COc1ccc2c(CC(=O)O)nn(Cc3ccc(Cl)c(Cl)c3)c(=O)c2c1. The van der Waals surface area contributed by atoms with E-state index in [0.717, 1.165) is 5.56 Å². The van der Waals surface area contributed by atoms with Crippen LogP contribution in [-0.4, -0.2) is 28.0 Å². The number of carbonyl (C=O) groups is 1. The summed E-state index contributed by atoms with van der Waals surface area (Å²) in [5.74, 6) is -0.530. The molecule has 0 bridgehead atoms. The summed E-state index contributed by atoms with van der Waals surface area (Å²) in [7, 11) is 1.49. The Hall–Kier alpha value is -2.57. The molecule has 0 aliphatic carbocycles. The predicted molar refractivity (Wildman–Crippen MR) is 99.5 cm³/mol. The Bertz CT molecular complexity index is 1060. The third-order valence-electron chi connectivity index (χ3n) is 3.88. The lowest BCUT2D eigenvalue weighted by atomic mass is 10.1. The first-order chi connectivity index (χ1) is 12.4. The Balaban J connectivity index is 2.17. The van der Waals surface area contributed by atoms with Crippen molar-refractivity contribution < 1.29 is 14.6 Å². The van der Waals surface area contributed by atoms with Crippen molar-refractivity contribution in [1.29, 1.82) is 0 Å². The molecule has 6 nitrogen and oxygen atoms in total. The number of halogens is 2. The molecule has 0 aliphatic heterocycles. The summed E-state index contributed by atoms with van der Waals surface area (Å²) in [6, 6.07) is 9.89. The van der Waals surface area contributed by atoms with Gasteiger partial charge in [-0.25, -0.2) is 4.68 Å². The van der Waals surface area contributed by atoms with E-state index in [9.17, 15) is 9.59 Å². The van der Waals surface area contributed by atoms with Crippen LogP contribution in [0.25, 0.3) is 10.8 Å². The van der Waals surface area contributed by atoms with Gasteiger partial charge in [-0.05, 0) is 35.9 Å². The molecule has 1 aromatic heterocycles. The topological polar surface area (TPSA) is 81.4 Å². The maximum atomic E-state index is 12.8. The lowest BCUT2D eigenvalue weighted by molar-refractivity contribution is -0.136. The van der Waals surface area contributed by atoms with Gasteiger partial charge < -0.3 is 9.84 Å². The minimum atomic E-state index is -1.03. The summed E-state index contributed by atoms with van der Waals surface area (Å²) in [6.45, 7) is 0.134. The number of fused-ring (bicyclic) bond motifs is 1.